The largest absolute Gasteiger partial charge is 0.354 e. The van der Waals surface area contributed by atoms with E-state index in [1.807, 2.05) is 28.7 Å². The number of aromatic nitrogens is 4. The molecule has 1 amide bonds. The average Bonchev–Trinajstić information content (AvgIpc) is 3.59. The molecule has 0 atom stereocenters. The third kappa shape index (κ3) is 4.19. The Hall–Kier alpha value is -2.76. The van der Waals surface area contributed by atoms with E-state index in [2.05, 4.69) is 46.8 Å². The van der Waals surface area contributed by atoms with Gasteiger partial charge >= 0.3 is 0 Å². The van der Waals surface area contributed by atoms with Gasteiger partial charge in [0.2, 0.25) is 0 Å². The van der Waals surface area contributed by atoms with Gasteiger partial charge in [-0.1, -0.05) is 13.8 Å². The number of amides is 1. The topological polar surface area (TPSA) is 104 Å². The second-order valence-electron chi connectivity index (χ2n) is 12.7. The lowest BCUT2D eigenvalue weighted by Gasteiger charge is -2.58. The van der Waals surface area contributed by atoms with Crippen LogP contribution in [-0.4, -0.2) is 87.4 Å². The van der Waals surface area contributed by atoms with E-state index >= 15 is 0 Å². The zero-order valence-electron chi connectivity index (χ0n) is 23.5. The fraction of sp³-hybridized carbons (Fsp3) is 0.552. The highest BCUT2D eigenvalue weighted by Gasteiger charge is 2.57. The second kappa shape index (κ2) is 9.12. The van der Waals surface area contributed by atoms with E-state index in [1.54, 1.807) is 17.7 Å². The first-order valence-electron chi connectivity index (χ1n) is 14.2. The van der Waals surface area contributed by atoms with Crippen LogP contribution in [-0.2, 0) is 9.84 Å². The van der Waals surface area contributed by atoms with Crippen LogP contribution in [0.1, 0.15) is 67.7 Å². The summed E-state index contributed by atoms with van der Waals surface area (Å²) in [5.41, 5.74) is 6.35. The normalized spacial score (nSPS) is 24.0. The molecule has 3 fully saturated rings. The number of aromatic amines is 1. The zero-order valence-corrected chi connectivity index (χ0v) is 25.1. The minimum atomic E-state index is -2.78. The maximum atomic E-state index is 13.6. The number of carbonyl (C=O) groups is 1. The van der Waals surface area contributed by atoms with Crippen LogP contribution in [0.15, 0.2) is 24.7 Å². The first-order chi connectivity index (χ1) is 19.0. The van der Waals surface area contributed by atoms with Crippen LogP contribution in [0.25, 0.3) is 27.1 Å². The van der Waals surface area contributed by atoms with Crippen LogP contribution in [0.5, 0.6) is 0 Å². The van der Waals surface area contributed by atoms with E-state index < -0.39 is 9.84 Å². The summed E-state index contributed by atoms with van der Waals surface area (Å²) in [4.78, 5) is 26.8. The number of carbonyl (C=O) groups excluding carboxylic acids is 1. The molecule has 7 rings (SSSR count). The first kappa shape index (κ1) is 26.2. The summed E-state index contributed by atoms with van der Waals surface area (Å²) in [6.07, 6.45) is 7.70. The van der Waals surface area contributed by atoms with Crippen molar-refractivity contribution < 1.29 is 14.6 Å². The van der Waals surface area contributed by atoms with Gasteiger partial charge < -0.3 is 9.88 Å². The van der Waals surface area contributed by atoms with Gasteiger partial charge in [0.25, 0.3) is 5.91 Å². The number of nitrogens with one attached hydrogen (secondary N) is 1. The summed E-state index contributed by atoms with van der Waals surface area (Å²) in [5, 5.41) is 4.34. The number of aryl methyl sites for hydroxylation is 1. The van der Waals surface area contributed by atoms with Gasteiger partial charge in [0.1, 0.15) is 6.33 Å². The number of pyridine rings is 1. The smallest absolute Gasteiger partial charge is 0.264 e. The monoisotopic (exact) mass is 582 g/mol. The SMILES string of the molecule is Cc1cc(-c2[nH]c3cc(C(=O)N(C)C4CCC(N5CC6(C5)CS(=O)(=O)C6)CC4)sc3c2C(C)C)cn2ncnc12.[HH]. The standard InChI is InChI=1S/C29H36N6O3S2.H2/c1-17(2)24-25(19-9-18(3)27-30-16-31-35(27)11-19)32-22-10-23(39-26(22)24)28(36)33(4)20-5-7-21(8-6-20)34-12-29(13-34)14-40(37,38)15-29;/h9-11,16-17,20-21,32H,5-8,12-15H2,1-4H3;1H. The number of hydrogen-bond acceptors (Lipinski definition) is 7. The molecule has 40 heavy (non-hydrogen) atoms. The Labute approximate surface area is 240 Å². The van der Waals surface area contributed by atoms with Crippen molar-refractivity contribution in [2.75, 3.05) is 31.6 Å². The van der Waals surface area contributed by atoms with Crippen molar-refractivity contribution in [3.8, 4) is 11.3 Å². The minimum absolute atomic E-state index is 0. The lowest BCUT2D eigenvalue weighted by Crippen LogP contribution is -2.70. The number of sulfone groups is 1. The summed E-state index contributed by atoms with van der Waals surface area (Å²) in [7, 11) is -0.827. The van der Waals surface area contributed by atoms with E-state index in [0.717, 1.165) is 76.3 Å². The van der Waals surface area contributed by atoms with Crippen LogP contribution in [0, 0.1) is 12.3 Å². The number of rotatable bonds is 5. The van der Waals surface area contributed by atoms with Gasteiger partial charge in [0.15, 0.2) is 15.5 Å². The molecular formula is C29H38N6O3S2. The summed E-state index contributed by atoms with van der Waals surface area (Å²) >= 11 is 1.59. The van der Waals surface area contributed by atoms with Crippen molar-refractivity contribution in [2.24, 2.45) is 5.41 Å². The van der Waals surface area contributed by atoms with Crippen molar-refractivity contribution >= 4 is 42.9 Å². The highest BCUT2D eigenvalue weighted by molar-refractivity contribution is 7.92. The molecule has 1 saturated carbocycles. The number of fused-ring (bicyclic) bond motifs is 2. The molecule has 4 aromatic heterocycles. The predicted octanol–water partition coefficient (Wildman–Crippen LogP) is 4.73. The molecule has 6 heterocycles. The van der Waals surface area contributed by atoms with Crippen molar-refractivity contribution in [3.63, 3.8) is 0 Å². The summed E-state index contributed by atoms with van der Waals surface area (Å²) in [6.45, 7) is 8.29. The van der Waals surface area contributed by atoms with Crippen LogP contribution >= 0.6 is 11.3 Å². The maximum Gasteiger partial charge on any atom is 0.264 e. The summed E-state index contributed by atoms with van der Waals surface area (Å²) in [6, 6.07) is 4.92. The summed E-state index contributed by atoms with van der Waals surface area (Å²) in [5.74, 6) is 1.12. The average molecular weight is 583 g/mol. The summed E-state index contributed by atoms with van der Waals surface area (Å²) < 4.78 is 26.2. The fourth-order valence-corrected chi connectivity index (χ4v) is 10.9. The number of hydrogen-bond donors (Lipinski definition) is 1. The van der Waals surface area contributed by atoms with E-state index in [0.29, 0.717) is 17.5 Å². The van der Waals surface area contributed by atoms with Gasteiger partial charge in [0.05, 0.1) is 32.3 Å². The van der Waals surface area contributed by atoms with Crippen molar-refractivity contribution in [3.05, 3.63) is 40.7 Å². The van der Waals surface area contributed by atoms with Crippen LogP contribution < -0.4 is 0 Å². The second-order valence-corrected chi connectivity index (χ2v) is 15.8. The van der Waals surface area contributed by atoms with E-state index in [9.17, 15) is 13.2 Å². The molecule has 1 spiro atoms. The first-order valence-corrected chi connectivity index (χ1v) is 16.8. The molecule has 0 unspecified atom stereocenters. The Morgan fingerprint density at radius 3 is 2.60 bits per heavy atom. The van der Waals surface area contributed by atoms with Crippen molar-refractivity contribution in [1.82, 2.24) is 29.4 Å². The molecular weight excluding hydrogens is 544 g/mol. The lowest BCUT2D eigenvalue weighted by molar-refractivity contribution is -0.0282. The van der Waals surface area contributed by atoms with Crippen molar-refractivity contribution in [1.29, 1.82) is 0 Å². The quantitative estimate of drug-likeness (QED) is 0.365. The molecule has 11 heteroatoms. The predicted molar refractivity (Wildman–Crippen MR) is 160 cm³/mol. The molecule has 0 radical (unpaired) electrons. The zero-order chi connectivity index (χ0) is 28.0. The third-order valence-electron chi connectivity index (χ3n) is 9.32. The van der Waals surface area contributed by atoms with Crippen molar-refractivity contribution in [2.45, 2.75) is 64.5 Å². The van der Waals surface area contributed by atoms with Gasteiger partial charge in [-0.15, -0.1) is 11.3 Å². The Kier molecular flexibility index (Phi) is 5.97. The molecule has 4 aromatic rings. The van der Waals surface area contributed by atoms with Gasteiger partial charge in [-0.3, -0.25) is 9.69 Å². The van der Waals surface area contributed by atoms with E-state index in [1.165, 1.54) is 5.56 Å². The van der Waals surface area contributed by atoms with E-state index in [-0.39, 0.29) is 24.7 Å². The Bertz CT molecular complexity index is 1730. The van der Waals surface area contributed by atoms with Crippen LogP contribution in [0.3, 0.4) is 0 Å². The molecule has 0 bridgehead atoms. The van der Waals surface area contributed by atoms with Crippen LogP contribution in [0.2, 0.25) is 0 Å². The molecule has 0 aromatic carbocycles. The van der Waals surface area contributed by atoms with Gasteiger partial charge in [-0.25, -0.2) is 17.9 Å². The Morgan fingerprint density at radius 2 is 1.93 bits per heavy atom. The molecule has 1 N–H and O–H groups in total. The van der Waals surface area contributed by atoms with Crippen LogP contribution in [0.4, 0.5) is 0 Å². The fourth-order valence-electron chi connectivity index (χ4n) is 7.41. The number of likely N-dealkylation sites (tertiary alicyclic amines) is 1. The molecule has 2 aliphatic heterocycles. The lowest BCUT2D eigenvalue weighted by atomic mass is 9.78. The van der Waals surface area contributed by atoms with Gasteiger partial charge in [-0.2, -0.15) is 5.10 Å². The number of thiophene rings is 1. The maximum absolute atomic E-state index is 13.6. The Morgan fingerprint density at radius 1 is 1.20 bits per heavy atom. The molecule has 1 aliphatic carbocycles. The molecule has 9 nitrogen and oxygen atoms in total. The van der Waals surface area contributed by atoms with Gasteiger partial charge in [-0.05, 0) is 61.8 Å². The van der Waals surface area contributed by atoms with Gasteiger partial charge in [0, 0.05) is 50.8 Å². The highest BCUT2D eigenvalue weighted by Crippen LogP contribution is 2.45. The third-order valence-corrected chi connectivity index (χ3v) is 12.6. The minimum Gasteiger partial charge on any atom is -0.354 e. The highest BCUT2D eigenvalue weighted by atomic mass is 32.2. The molecule has 214 valence electrons. The number of H-pyrrole nitrogens is 1. The molecule has 2 saturated heterocycles. The van der Waals surface area contributed by atoms with E-state index in [4.69, 9.17) is 0 Å². The number of nitrogens with zero attached hydrogens (tertiary/aromatic N) is 5. The molecule has 3 aliphatic rings. The Balaban J connectivity index is 0.00000302.